The molecule has 0 saturated heterocycles. The summed E-state index contributed by atoms with van der Waals surface area (Å²) >= 11 is 1.73. The molecule has 2 rings (SSSR count). The standard InChI is InChI=1S/C15H19N3OS/c1-11-8-13(15(16)18-19)2-3-14(11)9-17-6-4-12-5-7-20-10-12/h2-3,5,7-8,10,17,19H,4,6,9H2,1H3,(H2,16,18). The van der Waals surface area contributed by atoms with Crippen molar-refractivity contribution in [1.29, 1.82) is 0 Å². The van der Waals surface area contributed by atoms with Gasteiger partial charge >= 0.3 is 0 Å². The Bertz CT molecular complexity index is 579. The molecule has 20 heavy (non-hydrogen) atoms. The lowest BCUT2D eigenvalue weighted by atomic mass is 10.0. The minimum atomic E-state index is 0.144. The second-order valence-corrected chi connectivity index (χ2v) is 5.46. The van der Waals surface area contributed by atoms with Gasteiger partial charge in [0.15, 0.2) is 5.84 Å². The van der Waals surface area contributed by atoms with E-state index in [2.05, 4.69) is 27.3 Å². The van der Waals surface area contributed by atoms with Gasteiger partial charge in [0.1, 0.15) is 0 Å². The quantitative estimate of drug-likeness (QED) is 0.251. The number of nitrogens with two attached hydrogens (primary N) is 1. The van der Waals surface area contributed by atoms with Crippen molar-refractivity contribution < 1.29 is 5.21 Å². The Morgan fingerprint density at radius 1 is 1.40 bits per heavy atom. The highest BCUT2D eigenvalue weighted by Gasteiger charge is 2.03. The molecule has 1 aromatic heterocycles. The zero-order chi connectivity index (χ0) is 14.4. The van der Waals surface area contributed by atoms with E-state index in [4.69, 9.17) is 10.9 Å². The Labute approximate surface area is 122 Å². The normalized spacial score (nSPS) is 11.8. The molecular weight excluding hydrogens is 270 g/mol. The second-order valence-electron chi connectivity index (χ2n) is 4.68. The molecule has 0 unspecified atom stereocenters. The summed E-state index contributed by atoms with van der Waals surface area (Å²) in [6.45, 7) is 3.81. The number of amidine groups is 1. The van der Waals surface area contributed by atoms with E-state index in [-0.39, 0.29) is 5.84 Å². The third kappa shape index (κ3) is 3.82. The molecule has 0 radical (unpaired) electrons. The van der Waals surface area contributed by atoms with Crippen molar-refractivity contribution in [3.63, 3.8) is 0 Å². The van der Waals surface area contributed by atoms with Gasteiger partial charge in [0, 0.05) is 12.1 Å². The van der Waals surface area contributed by atoms with Crippen LogP contribution in [0.15, 0.2) is 40.2 Å². The number of thiophene rings is 1. The lowest BCUT2D eigenvalue weighted by molar-refractivity contribution is 0.318. The first kappa shape index (κ1) is 14.6. The van der Waals surface area contributed by atoms with Crippen LogP contribution in [0.2, 0.25) is 0 Å². The van der Waals surface area contributed by atoms with E-state index >= 15 is 0 Å². The minimum absolute atomic E-state index is 0.144. The van der Waals surface area contributed by atoms with Gasteiger partial charge in [0.25, 0.3) is 0 Å². The molecule has 0 fully saturated rings. The van der Waals surface area contributed by atoms with Crippen molar-refractivity contribution >= 4 is 17.2 Å². The largest absolute Gasteiger partial charge is 0.409 e. The van der Waals surface area contributed by atoms with E-state index in [9.17, 15) is 0 Å². The summed E-state index contributed by atoms with van der Waals surface area (Å²) in [5.41, 5.74) is 10.1. The number of nitrogens with one attached hydrogen (secondary N) is 1. The molecule has 106 valence electrons. The van der Waals surface area contributed by atoms with Crippen LogP contribution in [0.25, 0.3) is 0 Å². The van der Waals surface area contributed by atoms with Gasteiger partial charge in [-0.25, -0.2) is 0 Å². The smallest absolute Gasteiger partial charge is 0.170 e. The first-order chi connectivity index (χ1) is 9.70. The Hall–Kier alpha value is -1.85. The maximum Gasteiger partial charge on any atom is 0.170 e. The predicted molar refractivity (Wildman–Crippen MR) is 83.4 cm³/mol. The van der Waals surface area contributed by atoms with E-state index in [1.807, 2.05) is 25.1 Å². The highest BCUT2D eigenvalue weighted by atomic mass is 32.1. The fraction of sp³-hybridized carbons (Fsp3) is 0.267. The van der Waals surface area contributed by atoms with E-state index in [1.165, 1.54) is 11.1 Å². The molecule has 2 aromatic rings. The highest BCUT2D eigenvalue weighted by molar-refractivity contribution is 7.07. The third-order valence-corrected chi connectivity index (χ3v) is 3.96. The molecule has 0 amide bonds. The average Bonchev–Trinajstić information content (AvgIpc) is 2.97. The van der Waals surface area contributed by atoms with Crippen LogP contribution in [0, 0.1) is 6.92 Å². The summed E-state index contributed by atoms with van der Waals surface area (Å²) in [7, 11) is 0. The lowest BCUT2D eigenvalue weighted by Crippen LogP contribution is -2.18. The van der Waals surface area contributed by atoms with Crippen molar-refractivity contribution in [3.8, 4) is 0 Å². The molecule has 0 aliphatic carbocycles. The molecule has 1 heterocycles. The van der Waals surface area contributed by atoms with Crippen LogP contribution >= 0.6 is 11.3 Å². The monoisotopic (exact) mass is 289 g/mol. The van der Waals surface area contributed by atoms with Crippen LogP contribution in [0.1, 0.15) is 22.3 Å². The third-order valence-electron chi connectivity index (χ3n) is 3.23. The maximum atomic E-state index is 8.66. The van der Waals surface area contributed by atoms with Gasteiger partial charge < -0.3 is 16.3 Å². The number of hydrogen-bond donors (Lipinski definition) is 3. The van der Waals surface area contributed by atoms with Gasteiger partial charge in [0.05, 0.1) is 0 Å². The fourth-order valence-electron chi connectivity index (χ4n) is 2.00. The first-order valence-electron chi connectivity index (χ1n) is 6.50. The van der Waals surface area contributed by atoms with Crippen molar-refractivity contribution in [2.45, 2.75) is 19.9 Å². The minimum Gasteiger partial charge on any atom is -0.409 e. The van der Waals surface area contributed by atoms with Gasteiger partial charge in [-0.2, -0.15) is 11.3 Å². The molecule has 0 bridgehead atoms. The van der Waals surface area contributed by atoms with Gasteiger partial charge in [-0.1, -0.05) is 17.3 Å². The molecule has 0 aliphatic rings. The zero-order valence-corrected chi connectivity index (χ0v) is 12.3. The molecule has 0 saturated carbocycles. The Balaban J connectivity index is 1.87. The van der Waals surface area contributed by atoms with Gasteiger partial charge in [0.2, 0.25) is 0 Å². The summed E-state index contributed by atoms with van der Waals surface area (Å²) in [6.07, 6.45) is 1.05. The van der Waals surface area contributed by atoms with Crippen molar-refractivity contribution in [2.75, 3.05) is 6.54 Å². The van der Waals surface area contributed by atoms with E-state index in [0.29, 0.717) is 0 Å². The molecule has 5 heteroatoms. The molecule has 4 N–H and O–H groups in total. The summed E-state index contributed by atoms with van der Waals surface area (Å²) in [5.74, 6) is 0.144. The van der Waals surface area contributed by atoms with E-state index < -0.39 is 0 Å². The molecule has 0 aliphatic heterocycles. The van der Waals surface area contributed by atoms with Crippen LogP contribution in [0.5, 0.6) is 0 Å². The van der Waals surface area contributed by atoms with Gasteiger partial charge in [-0.05, 0) is 59.5 Å². The van der Waals surface area contributed by atoms with Crippen molar-refractivity contribution in [2.24, 2.45) is 10.9 Å². The Kier molecular flexibility index (Phi) is 5.15. The molecule has 0 atom stereocenters. The molecule has 0 spiro atoms. The topological polar surface area (TPSA) is 70.6 Å². The van der Waals surface area contributed by atoms with Crippen LogP contribution in [-0.2, 0) is 13.0 Å². The molecule has 4 nitrogen and oxygen atoms in total. The number of rotatable bonds is 6. The Morgan fingerprint density at radius 2 is 2.25 bits per heavy atom. The van der Waals surface area contributed by atoms with Crippen LogP contribution in [-0.4, -0.2) is 17.6 Å². The molecular formula is C15H19N3OS. The molecule has 1 aromatic carbocycles. The number of hydrogen-bond acceptors (Lipinski definition) is 4. The van der Waals surface area contributed by atoms with Gasteiger partial charge in [-0.3, -0.25) is 0 Å². The van der Waals surface area contributed by atoms with Crippen molar-refractivity contribution in [3.05, 3.63) is 57.3 Å². The van der Waals surface area contributed by atoms with Crippen LogP contribution in [0.4, 0.5) is 0 Å². The zero-order valence-electron chi connectivity index (χ0n) is 11.5. The maximum absolute atomic E-state index is 8.66. The Morgan fingerprint density at radius 3 is 2.90 bits per heavy atom. The van der Waals surface area contributed by atoms with Gasteiger partial charge in [-0.15, -0.1) is 0 Å². The van der Waals surface area contributed by atoms with E-state index in [1.54, 1.807) is 11.3 Å². The number of aryl methyl sites for hydroxylation is 1. The second kappa shape index (κ2) is 7.07. The average molecular weight is 289 g/mol. The first-order valence-corrected chi connectivity index (χ1v) is 7.44. The fourth-order valence-corrected chi connectivity index (χ4v) is 2.71. The predicted octanol–water partition coefficient (Wildman–Crippen LogP) is 2.48. The van der Waals surface area contributed by atoms with Crippen molar-refractivity contribution in [1.82, 2.24) is 5.32 Å². The number of nitrogens with zero attached hydrogens (tertiary/aromatic N) is 1. The summed E-state index contributed by atoms with van der Waals surface area (Å²) in [5, 5.41) is 19.4. The summed E-state index contributed by atoms with van der Waals surface area (Å²) < 4.78 is 0. The van der Waals surface area contributed by atoms with Crippen LogP contribution < -0.4 is 11.1 Å². The number of benzene rings is 1. The SMILES string of the molecule is Cc1cc(/C(N)=N/O)ccc1CNCCc1ccsc1. The summed E-state index contributed by atoms with van der Waals surface area (Å²) in [4.78, 5) is 0. The van der Waals surface area contributed by atoms with Crippen LogP contribution in [0.3, 0.4) is 0 Å². The number of oxime groups is 1. The lowest BCUT2D eigenvalue weighted by Gasteiger charge is -2.09. The summed E-state index contributed by atoms with van der Waals surface area (Å²) in [6, 6.07) is 7.98. The highest BCUT2D eigenvalue weighted by Crippen LogP contribution is 2.11. The van der Waals surface area contributed by atoms with E-state index in [0.717, 1.165) is 30.6 Å².